The van der Waals surface area contributed by atoms with Gasteiger partial charge in [0.05, 0.1) is 11.0 Å². The van der Waals surface area contributed by atoms with Crippen LogP contribution in [0.4, 0.5) is 0 Å². The second-order valence-corrected chi connectivity index (χ2v) is 9.20. The van der Waals surface area contributed by atoms with E-state index in [1.165, 1.54) is 44.3 Å². The Morgan fingerprint density at radius 3 is 2.52 bits per heavy atom. The van der Waals surface area contributed by atoms with Crippen molar-refractivity contribution in [3.63, 3.8) is 0 Å². The smallest absolute Gasteiger partial charge is 0.142 e. The molecule has 2 nitrogen and oxygen atoms in total. The summed E-state index contributed by atoms with van der Waals surface area (Å²) in [4.78, 5) is 6.43. The third-order valence-corrected chi connectivity index (χ3v) is 6.88. The lowest BCUT2D eigenvalue weighted by Crippen LogP contribution is -2.03. The molecule has 0 saturated heterocycles. The molecule has 0 aliphatic heterocycles. The van der Waals surface area contributed by atoms with Crippen LogP contribution in [0.5, 0.6) is 0 Å². The molecule has 0 unspecified atom stereocenters. The summed E-state index contributed by atoms with van der Waals surface area (Å²) in [7, 11) is 0. The number of hydrogen-bond acceptors (Lipinski definition) is 2. The first kappa shape index (κ1) is 19.9. The third kappa shape index (κ3) is 3.98. The van der Waals surface area contributed by atoms with E-state index >= 15 is 0 Å². The van der Waals surface area contributed by atoms with Gasteiger partial charge in [-0.1, -0.05) is 79.2 Å². The molecule has 0 aliphatic carbocycles. The molecule has 0 saturated carbocycles. The van der Waals surface area contributed by atoms with Gasteiger partial charge in [0.25, 0.3) is 0 Å². The molecule has 0 amide bonds. The molecule has 0 atom stereocenters. The summed E-state index contributed by atoms with van der Waals surface area (Å²) in [5.41, 5.74) is 6.01. The average molecular weight is 423 g/mol. The van der Waals surface area contributed by atoms with E-state index in [0.29, 0.717) is 0 Å². The molecule has 0 N–H and O–H groups in total. The standard InChI is InChI=1S/C28H26N2S/c1-3-17-31-23-15-16-26-27(18-23)30(19-21-13-11-20(2)12-14-21)28(29-26)25-10-6-8-22-7-4-5-9-24(22)25/h4-16,18H,3,17,19H2,1-2H3. The van der Waals surface area contributed by atoms with Gasteiger partial charge in [0, 0.05) is 17.0 Å². The Balaban J connectivity index is 1.71. The Bertz CT molecular complexity index is 1340. The molecule has 0 fully saturated rings. The van der Waals surface area contributed by atoms with Crippen molar-refractivity contribution in [3.05, 3.63) is 96.1 Å². The molecule has 0 spiro atoms. The van der Waals surface area contributed by atoms with E-state index in [0.717, 1.165) is 23.6 Å². The van der Waals surface area contributed by atoms with Crippen LogP contribution in [-0.4, -0.2) is 15.3 Å². The maximum atomic E-state index is 5.12. The Morgan fingerprint density at radius 1 is 0.871 bits per heavy atom. The normalized spacial score (nSPS) is 11.4. The van der Waals surface area contributed by atoms with Gasteiger partial charge in [-0.2, -0.15) is 0 Å². The van der Waals surface area contributed by atoms with Crippen molar-refractivity contribution in [3.8, 4) is 11.4 Å². The van der Waals surface area contributed by atoms with E-state index in [9.17, 15) is 0 Å². The molecular weight excluding hydrogens is 396 g/mol. The zero-order valence-electron chi connectivity index (χ0n) is 18.0. The van der Waals surface area contributed by atoms with Crippen LogP contribution in [0, 0.1) is 6.92 Å². The summed E-state index contributed by atoms with van der Waals surface area (Å²) >= 11 is 1.92. The quantitative estimate of drug-likeness (QED) is 0.261. The van der Waals surface area contributed by atoms with Gasteiger partial charge >= 0.3 is 0 Å². The molecule has 3 heteroatoms. The van der Waals surface area contributed by atoms with Crippen molar-refractivity contribution in [1.82, 2.24) is 9.55 Å². The molecule has 5 rings (SSSR count). The van der Waals surface area contributed by atoms with Crippen molar-refractivity contribution in [1.29, 1.82) is 0 Å². The summed E-state index contributed by atoms with van der Waals surface area (Å²) in [6, 6.07) is 30.6. The van der Waals surface area contributed by atoms with E-state index in [2.05, 4.69) is 103 Å². The highest BCUT2D eigenvalue weighted by atomic mass is 32.2. The Kier molecular flexibility index (Phi) is 5.52. The number of benzene rings is 4. The van der Waals surface area contributed by atoms with Gasteiger partial charge in [-0.3, -0.25) is 0 Å². The third-order valence-electron chi connectivity index (χ3n) is 5.68. The van der Waals surface area contributed by atoms with E-state index < -0.39 is 0 Å². The minimum Gasteiger partial charge on any atom is -0.319 e. The van der Waals surface area contributed by atoms with Crippen LogP contribution in [0.15, 0.2) is 89.8 Å². The van der Waals surface area contributed by atoms with Crippen LogP contribution in [0.25, 0.3) is 33.2 Å². The zero-order valence-corrected chi connectivity index (χ0v) is 18.8. The highest BCUT2D eigenvalue weighted by molar-refractivity contribution is 7.99. The monoisotopic (exact) mass is 422 g/mol. The first-order valence-corrected chi connectivity index (χ1v) is 11.9. The van der Waals surface area contributed by atoms with E-state index in [1.54, 1.807) is 0 Å². The minimum atomic E-state index is 0.803. The fraction of sp³-hybridized carbons (Fsp3) is 0.179. The number of aromatic nitrogens is 2. The van der Waals surface area contributed by atoms with Crippen LogP contribution in [0.2, 0.25) is 0 Å². The Hall–Kier alpha value is -3.04. The van der Waals surface area contributed by atoms with Crippen molar-refractivity contribution in [2.24, 2.45) is 0 Å². The average Bonchev–Trinajstić information content (AvgIpc) is 3.16. The van der Waals surface area contributed by atoms with Gasteiger partial charge in [-0.25, -0.2) is 4.98 Å². The molecule has 0 aliphatic rings. The minimum absolute atomic E-state index is 0.803. The van der Waals surface area contributed by atoms with Gasteiger partial charge in [-0.05, 0) is 53.6 Å². The topological polar surface area (TPSA) is 17.8 Å². The lowest BCUT2D eigenvalue weighted by atomic mass is 10.0. The first-order chi connectivity index (χ1) is 15.2. The number of fused-ring (bicyclic) bond motifs is 2. The number of rotatable bonds is 6. The van der Waals surface area contributed by atoms with Crippen molar-refractivity contribution in [2.45, 2.75) is 31.7 Å². The maximum absolute atomic E-state index is 5.12. The molecule has 5 aromatic rings. The molecule has 1 heterocycles. The van der Waals surface area contributed by atoms with Gasteiger partial charge in [0.1, 0.15) is 5.82 Å². The predicted molar refractivity (Wildman–Crippen MR) is 134 cm³/mol. The fourth-order valence-electron chi connectivity index (χ4n) is 4.07. The Labute approximate surface area is 187 Å². The number of nitrogens with zero attached hydrogens (tertiary/aromatic N) is 2. The fourth-order valence-corrected chi connectivity index (χ4v) is 4.87. The van der Waals surface area contributed by atoms with Gasteiger partial charge in [-0.15, -0.1) is 11.8 Å². The van der Waals surface area contributed by atoms with E-state index in [4.69, 9.17) is 4.98 Å². The molecule has 31 heavy (non-hydrogen) atoms. The molecule has 1 aromatic heterocycles. The SMILES string of the molecule is CCCSc1ccc2nc(-c3cccc4ccccc34)n(Cc3ccc(C)cc3)c2c1. The van der Waals surface area contributed by atoms with Gasteiger partial charge in [0.15, 0.2) is 0 Å². The van der Waals surface area contributed by atoms with E-state index in [-0.39, 0.29) is 0 Å². The van der Waals surface area contributed by atoms with Gasteiger partial charge < -0.3 is 4.57 Å². The summed E-state index contributed by atoms with van der Waals surface area (Å²) < 4.78 is 2.39. The van der Waals surface area contributed by atoms with Crippen LogP contribution < -0.4 is 0 Å². The number of hydrogen-bond donors (Lipinski definition) is 0. The lowest BCUT2D eigenvalue weighted by Gasteiger charge is -2.12. The van der Waals surface area contributed by atoms with E-state index in [1.807, 2.05) is 11.8 Å². The summed E-state index contributed by atoms with van der Waals surface area (Å²) in [5, 5.41) is 2.49. The second-order valence-electron chi connectivity index (χ2n) is 8.03. The maximum Gasteiger partial charge on any atom is 0.142 e. The van der Waals surface area contributed by atoms with Crippen LogP contribution in [0.1, 0.15) is 24.5 Å². The summed E-state index contributed by atoms with van der Waals surface area (Å²) in [6.07, 6.45) is 1.17. The number of aryl methyl sites for hydroxylation is 1. The second kappa shape index (κ2) is 8.60. The molecular formula is C28H26N2S. The summed E-state index contributed by atoms with van der Waals surface area (Å²) in [6.45, 7) is 5.16. The van der Waals surface area contributed by atoms with Gasteiger partial charge in [0.2, 0.25) is 0 Å². The Morgan fingerprint density at radius 2 is 1.68 bits per heavy atom. The largest absolute Gasteiger partial charge is 0.319 e. The number of thioether (sulfide) groups is 1. The van der Waals surface area contributed by atoms with Crippen molar-refractivity contribution in [2.75, 3.05) is 5.75 Å². The highest BCUT2D eigenvalue weighted by Gasteiger charge is 2.16. The van der Waals surface area contributed by atoms with Crippen LogP contribution >= 0.6 is 11.8 Å². The van der Waals surface area contributed by atoms with Crippen LogP contribution in [-0.2, 0) is 6.54 Å². The van der Waals surface area contributed by atoms with Crippen LogP contribution in [0.3, 0.4) is 0 Å². The zero-order chi connectivity index (χ0) is 21.2. The number of imidazole rings is 1. The molecule has 4 aromatic carbocycles. The molecule has 154 valence electrons. The lowest BCUT2D eigenvalue weighted by molar-refractivity contribution is 0.834. The van der Waals surface area contributed by atoms with Crippen molar-refractivity contribution < 1.29 is 0 Å². The first-order valence-electron chi connectivity index (χ1n) is 10.9. The summed E-state index contributed by atoms with van der Waals surface area (Å²) in [5.74, 6) is 2.17. The molecule has 0 radical (unpaired) electrons. The molecule has 0 bridgehead atoms. The predicted octanol–water partition coefficient (Wildman–Crippen LogP) is 7.72. The van der Waals surface area contributed by atoms with Crippen molar-refractivity contribution >= 4 is 33.6 Å². The highest BCUT2D eigenvalue weighted by Crippen LogP contribution is 2.33.